The average molecular weight is 646 g/mol. The number of nitrogens with zero attached hydrogens (tertiary/aromatic N) is 1. The van der Waals surface area contributed by atoms with E-state index in [0.29, 0.717) is 0 Å². The van der Waals surface area contributed by atoms with Gasteiger partial charge < -0.3 is 4.90 Å². The van der Waals surface area contributed by atoms with Gasteiger partial charge in [-0.05, 0) is 130 Å². The van der Waals surface area contributed by atoms with E-state index in [0.717, 1.165) is 23.7 Å². The predicted molar refractivity (Wildman–Crippen MR) is 207 cm³/mol. The minimum absolute atomic E-state index is 0.131. The Morgan fingerprint density at radius 1 is 0.460 bits per heavy atom. The fourth-order valence-electron chi connectivity index (χ4n) is 12.2. The van der Waals surface area contributed by atoms with Gasteiger partial charge in [0.15, 0.2) is 0 Å². The number of anilines is 3. The van der Waals surface area contributed by atoms with Crippen molar-refractivity contribution in [3.8, 4) is 33.4 Å². The van der Waals surface area contributed by atoms with Crippen molar-refractivity contribution in [1.82, 2.24) is 0 Å². The van der Waals surface area contributed by atoms with E-state index in [1.54, 1.807) is 11.1 Å². The first-order valence-corrected chi connectivity index (χ1v) is 19.0. The van der Waals surface area contributed by atoms with Crippen LogP contribution in [0.5, 0.6) is 0 Å². The Labute approximate surface area is 296 Å². The zero-order valence-electron chi connectivity index (χ0n) is 29.1. The summed E-state index contributed by atoms with van der Waals surface area (Å²) >= 11 is 0. The number of hydrogen-bond acceptors (Lipinski definition) is 1. The molecule has 0 N–H and O–H groups in total. The summed E-state index contributed by atoms with van der Waals surface area (Å²) in [4.78, 5) is 2.63. The van der Waals surface area contributed by atoms with E-state index >= 15 is 0 Å². The molecule has 6 aliphatic rings. The first-order valence-electron chi connectivity index (χ1n) is 19.0. The molecule has 4 saturated carbocycles. The van der Waals surface area contributed by atoms with Crippen LogP contribution in [0.3, 0.4) is 0 Å². The molecule has 0 atom stereocenters. The molecule has 1 heteroatoms. The Morgan fingerprint density at radius 2 is 1.02 bits per heavy atom. The first-order chi connectivity index (χ1) is 24.5. The van der Waals surface area contributed by atoms with Crippen LogP contribution in [0.25, 0.3) is 33.4 Å². The lowest BCUT2D eigenvalue weighted by Crippen LogP contribution is -2.55. The van der Waals surface area contributed by atoms with Crippen LogP contribution < -0.4 is 4.90 Å². The topological polar surface area (TPSA) is 3.24 Å². The van der Waals surface area contributed by atoms with Crippen molar-refractivity contribution < 1.29 is 0 Å². The van der Waals surface area contributed by atoms with Crippen LogP contribution in [0.2, 0.25) is 0 Å². The lowest BCUT2D eigenvalue weighted by atomic mass is 9.43. The zero-order valence-corrected chi connectivity index (χ0v) is 29.1. The molecule has 6 aromatic carbocycles. The second-order valence-electron chi connectivity index (χ2n) is 16.5. The van der Waals surface area contributed by atoms with Crippen LogP contribution in [0.4, 0.5) is 17.1 Å². The molecule has 4 fully saturated rings. The van der Waals surface area contributed by atoms with Crippen molar-refractivity contribution in [2.45, 2.75) is 56.8 Å². The van der Waals surface area contributed by atoms with Crippen molar-refractivity contribution in [2.24, 2.45) is 23.7 Å². The van der Waals surface area contributed by atoms with Crippen LogP contribution in [0.1, 0.15) is 68.2 Å². The SMILES string of the molecule is CC1(C)c2ccccc2-c2cccc(N(c3ccc(-c4ccccc4)cc3)c3cccc4c3-c3ccccc3C43C4CC5CC(C4)CC3C5)c21. The average Bonchev–Trinajstić information content (AvgIpc) is 3.58. The highest BCUT2D eigenvalue weighted by molar-refractivity contribution is 5.98. The monoisotopic (exact) mass is 645 g/mol. The van der Waals surface area contributed by atoms with Crippen LogP contribution in [-0.4, -0.2) is 0 Å². The maximum Gasteiger partial charge on any atom is 0.0543 e. The predicted octanol–water partition coefficient (Wildman–Crippen LogP) is 12.9. The number of hydrogen-bond donors (Lipinski definition) is 0. The van der Waals surface area contributed by atoms with Gasteiger partial charge in [-0.15, -0.1) is 0 Å². The van der Waals surface area contributed by atoms with Gasteiger partial charge in [0.05, 0.1) is 11.4 Å². The number of rotatable bonds is 4. The van der Waals surface area contributed by atoms with Gasteiger partial charge in [0.1, 0.15) is 0 Å². The van der Waals surface area contributed by atoms with E-state index in [4.69, 9.17) is 0 Å². The molecule has 0 saturated heterocycles. The van der Waals surface area contributed by atoms with E-state index in [1.807, 2.05) is 0 Å². The van der Waals surface area contributed by atoms with Crippen molar-refractivity contribution in [3.63, 3.8) is 0 Å². The van der Waals surface area contributed by atoms with E-state index in [2.05, 4.69) is 158 Å². The second-order valence-corrected chi connectivity index (χ2v) is 16.5. The molecule has 0 amide bonds. The van der Waals surface area contributed by atoms with Gasteiger partial charge in [-0.2, -0.15) is 0 Å². The third-order valence-corrected chi connectivity index (χ3v) is 13.8. The molecule has 4 bridgehead atoms. The third-order valence-electron chi connectivity index (χ3n) is 13.8. The Hall–Kier alpha value is -4.88. The number of benzene rings is 6. The summed E-state index contributed by atoms with van der Waals surface area (Å²) in [6, 6.07) is 53.1. The molecule has 244 valence electrons. The Bertz CT molecular complexity index is 2280. The third kappa shape index (κ3) is 3.73. The smallest absolute Gasteiger partial charge is 0.0543 e. The Balaban J connectivity index is 1.17. The first kappa shape index (κ1) is 28.9. The fraction of sp³-hybridized carbons (Fsp3) is 0.265. The van der Waals surface area contributed by atoms with Crippen molar-refractivity contribution >= 4 is 17.1 Å². The molecule has 0 aromatic heterocycles. The van der Waals surface area contributed by atoms with Crippen LogP contribution in [0, 0.1) is 23.7 Å². The van der Waals surface area contributed by atoms with Crippen molar-refractivity contribution in [3.05, 3.63) is 162 Å². The fourth-order valence-corrected chi connectivity index (χ4v) is 12.2. The summed E-state index contributed by atoms with van der Waals surface area (Å²) in [5, 5.41) is 0. The van der Waals surface area contributed by atoms with Gasteiger partial charge in [-0.1, -0.05) is 129 Å². The molecule has 0 heterocycles. The minimum atomic E-state index is -0.136. The van der Waals surface area contributed by atoms with E-state index in [-0.39, 0.29) is 10.8 Å². The molecule has 0 unspecified atom stereocenters. The maximum absolute atomic E-state index is 2.63. The standard InChI is InChI=1S/C49H43N/c1-48(2)41-17-8-6-14-38(41)39-16-10-21-45(47(39)48)50(37-24-22-34(23-25-37)33-12-4-3-5-13-33)44-20-11-19-43-46(44)40-15-7-9-18-42(40)49(43)35-27-31-26-32(29-35)30-36(49)28-31/h3-25,31-32,35-36H,26-30H2,1-2H3. The summed E-state index contributed by atoms with van der Waals surface area (Å²) in [6.07, 6.45) is 7.06. The summed E-state index contributed by atoms with van der Waals surface area (Å²) < 4.78 is 0. The number of fused-ring (bicyclic) bond motifs is 6. The molecule has 1 spiro atoms. The maximum atomic E-state index is 2.63. The van der Waals surface area contributed by atoms with Gasteiger partial charge in [0.2, 0.25) is 0 Å². The van der Waals surface area contributed by atoms with Crippen LogP contribution >= 0.6 is 0 Å². The molecular weight excluding hydrogens is 603 g/mol. The Kier molecular flexibility index (Phi) is 5.97. The molecule has 6 aromatic rings. The molecule has 0 aliphatic heterocycles. The highest BCUT2D eigenvalue weighted by Crippen LogP contribution is 2.70. The van der Waals surface area contributed by atoms with Gasteiger partial charge in [0.25, 0.3) is 0 Å². The molecule has 50 heavy (non-hydrogen) atoms. The van der Waals surface area contributed by atoms with Gasteiger partial charge in [-0.3, -0.25) is 0 Å². The zero-order chi connectivity index (χ0) is 33.2. The molecule has 0 radical (unpaired) electrons. The summed E-state index contributed by atoms with van der Waals surface area (Å²) in [5.41, 5.74) is 18.0. The van der Waals surface area contributed by atoms with Crippen molar-refractivity contribution in [1.29, 1.82) is 0 Å². The Morgan fingerprint density at radius 3 is 1.76 bits per heavy atom. The molecular formula is C49H43N. The van der Waals surface area contributed by atoms with E-state index in [1.165, 1.54) is 93.7 Å². The summed E-state index contributed by atoms with van der Waals surface area (Å²) in [7, 11) is 0. The van der Waals surface area contributed by atoms with Crippen LogP contribution in [-0.2, 0) is 10.8 Å². The minimum Gasteiger partial charge on any atom is -0.310 e. The normalized spacial score (nSPS) is 25.6. The summed E-state index contributed by atoms with van der Waals surface area (Å²) in [5.74, 6) is 3.34. The van der Waals surface area contributed by atoms with E-state index < -0.39 is 0 Å². The van der Waals surface area contributed by atoms with Crippen molar-refractivity contribution in [2.75, 3.05) is 4.90 Å². The second kappa shape index (κ2) is 10.3. The van der Waals surface area contributed by atoms with Crippen LogP contribution in [0.15, 0.2) is 140 Å². The van der Waals surface area contributed by atoms with Gasteiger partial charge in [-0.25, -0.2) is 0 Å². The van der Waals surface area contributed by atoms with E-state index in [9.17, 15) is 0 Å². The quantitative estimate of drug-likeness (QED) is 0.184. The van der Waals surface area contributed by atoms with Gasteiger partial charge in [0, 0.05) is 22.1 Å². The largest absolute Gasteiger partial charge is 0.310 e. The molecule has 1 nitrogen and oxygen atoms in total. The highest BCUT2D eigenvalue weighted by atomic mass is 15.1. The lowest BCUT2D eigenvalue weighted by Gasteiger charge is -2.61. The van der Waals surface area contributed by atoms with Gasteiger partial charge >= 0.3 is 0 Å². The highest BCUT2D eigenvalue weighted by Gasteiger charge is 2.62. The molecule has 12 rings (SSSR count). The lowest BCUT2D eigenvalue weighted by molar-refractivity contribution is -0.0399. The summed E-state index contributed by atoms with van der Waals surface area (Å²) in [6.45, 7) is 4.85. The molecule has 6 aliphatic carbocycles.